The highest BCUT2D eigenvalue weighted by Crippen LogP contribution is 2.43. The Bertz CT molecular complexity index is 1260. The highest BCUT2D eigenvalue weighted by molar-refractivity contribution is 6.00. The smallest absolute Gasteiger partial charge is 0.355 e. The second-order valence-corrected chi connectivity index (χ2v) is 8.47. The Balaban J connectivity index is 1.39. The van der Waals surface area contributed by atoms with Crippen LogP contribution in [0.25, 0.3) is 11.2 Å². The highest BCUT2D eigenvalue weighted by atomic mass is 19.4. The molecule has 5 heterocycles. The first kappa shape index (κ1) is 22.3. The normalized spacial score (nSPS) is 21.1. The summed E-state index contributed by atoms with van der Waals surface area (Å²) in [4.78, 5) is 32.7. The van der Waals surface area contributed by atoms with Crippen LogP contribution in [0.2, 0.25) is 0 Å². The van der Waals surface area contributed by atoms with Gasteiger partial charge in [0.05, 0.1) is 17.8 Å². The van der Waals surface area contributed by atoms with Crippen molar-refractivity contribution in [1.82, 2.24) is 29.7 Å². The predicted molar refractivity (Wildman–Crippen MR) is 109 cm³/mol. The number of halogens is 5. The molecule has 3 aromatic heterocycles. The van der Waals surface area contributed by atoms with E-state index >= 15 is 0 Å². The average molecular weight is 482 g/mol. The second-order valence-electron chi connectivity index (χ2n) is 8.47. The van der Waals surface area contributed by atoms with Gasteiger partial charge in [0.15, 0.2) is 11.5 Å². The molecule has 2 saturated heterocycles. The van der Waals surface area contributed by atoms with Crippen molar-refractivity contribution in [3.63, 3.8) is 0 Å². The number of hydrogen-bond acceptors (Lipinski definition) is 7. The largest absolute Gasteiger partial charge is 0.433 e. The molecular weight excluding hydrogens is 463 g/mol. The van der Waals surface area contributed by atoms with Crippen molar-refractivity contribution in [2.24, 2.45) is 5.41 Å². The first-order valence-electron chi connectivity index (χ1n) is 10.5. The van der Waals surface area contributed by atoms with Crippen LogP contribution in [0.3, 0.4) is 0 Å². The van der Waals surface area contributed by atoms with Crippen molar-refractivity contribution in [3.8, 4) is 0 Å². The van der Waals surface area contributed by atoms with E-state index in [1.54, 1.807) is 4.90 Å². The Morgan fingerprint density at radius 1 is 1.09 bits per heavy atom. The van der Waals surface area contributed by atoms with Gasteiger partial charge >= 0.3 is 6.18 Å². The lowest BCUT2D eigenvalue weighted by atomic mass is 9.85. The molecule has 180 valence electrons. The summed E-state index contributed by atoms with van der Waals surface area (Å²) < 4.78 is 66.3. The molecule has 3 aromatic rings. The van der Waals surface area contributed by atoms with Gasteiger partial charge in [-0.25, -0.2) is 33.4 Å². The maximum absolute atomic E-state index is 13.4. The van der Waals surface area contributed by atoms with E-state index in [0.717, 1.165) is 10.7 Å². The fourth-order valence-corrected chi connectivity index (χ4v) is 4.58. The topological polar surface area (TPSA) is 92.9 Å². The van der Waals surface area contributed by atoms with Crippen molar-refractivity contribution >= 4 is 28.7 Å². The zero-order valence-electron chi connectivity index (χ0n) is 17.9. The summed E-state index contributed by atoms with van der Waals surface area (Å²) in [5, 5.41) is 3.88. The molecule has 0 saturated carbocycles. The molecule has 2 aliphatic heterocycles. The van der Waals surface area contributed by atoms with E-state index in [1.165, 1.54) is 24.2 Å². The summed E-state index contributed by atoms with van der Waals surface area (Å²) in [5.41, 5.74) is -1.36. The summed E-state index contributed by atoms with van der Waals surface area (Å²) in [6.45, 7) is 1.63. The van der Waals surface area contributed by atoms with Crippen LogP contribution < -0.4 is 9.80 Å². The van der Waals surface area contributed by atoms with Crippen LogP contribution in [0.4, 0.5) is 33.6 Å². The third-order valence-electron chi connectivity index (χ3n) is 6.23. The number of aromatic nitrogens is 6. The molecule has 0 aliphatic carbocycles. The number of carbonyl (C=O) groups excluding carboxylic acids is 1. The van der Waals surface area contributed by atoms with E-state index in [9.17, 15) is 26.7 Å². The molecule has 1 unspecified atom stereocenters. The Hall–Kier alpha value is -3.45. The van der Waals surface area contributed by atoms with Crippen LogP contribution in [0.15, 0.2) is 18.5 Å². The third-order valence-corrected chi connectivity index (χ3v) is 6.23. The fourth-order valence-electron chi connectivity index (χ4n) is 4.58. The Morgan fingerprint density at radius 2 is 1.85 bits per heavy atom. The second kappa shape index (κ2) is 7.81. The summed E-state index contributed by atoms with van der Waals surface area (Å²) in [5.74, 6) is 0.112. The van der Waals surface area contributed by atoms with E-state index < -0.39 is 30.3 Å². The number of carbonyl (C=O) groups is 1. The van der Waals surface area contributed by atoms with E-state index in [2.05, 4.69) is 25.0 Å². The molecule has 1 amide bonds. The molecule has 14 heteroatoms. The molecule has 2 fully saturated rings. The van der Waals surface area contributed by atoms with Crippen LogP contribution >= 0.6 is 0 Å². The minimum atomic E-state index is -4.60. The Morgan fingerprint density at radius 3 is 2.59 bits per heavy atom. The molecular formula is C20H19F5N8O. The zero-order valence-corrected chi connectivity index (χ0v) is 17.9. The van der Waals surface area contributed by atoms with Gasteiger partial charge in [-0.05, 0) is 19.8 Å². The summed E-state index contributed by atoms with van der Waals surface area (Å²) in [6, 6.07) is 0.896. The fraction of sp³-hybridized carbons (Fsp3) is 0.500. The van der Waals surface area contributed by atoms with Crippen molar-refractivity contribution in [2.45, 2.75) is 38.9 Å². The van der Waals surface area contributed by atoms with E-state index in [-0.39, 0.29) is 35.6 Å². The molecule has 34 heavy (non-hydrogen) atoms. The third kappa shape index (κ3) is 3.80. The number of fused-ring (bicyclic) bond motifs is 1. The zero-order chi connectivity index (χ0) is 24.3. The van der Waals surface area contributed by atoms with Gasteiger partial charge in [-0.1, -0.05) is 0 Å². The van der Waals surface area contributed by atoms with Gasteiger partial charge in [-0.3, -0.25) is 9.69 Å². The minimum absolute atomic E-state index is 0.00543. The number of nitrogens with zero attached hydrogens (tertiary/aromatic N) is 8. The van der Waals surface area contributed by atoms with Crippen molar-refractivity contribution in [3.05, 3.63) is 30.0 Å². The van der Waals surface area contributed by atoms with Crippen LogP contribution in [-0.4, -0.2) is 61.7 Å². The van der Waals surface area contributed by atoms with Gasteiger partial charge in [0.25, 0.3) is 6.43 Å². The van der Waals surface area contributed by atoms with Crippen molar-refractivity contribution < 1.29 is 26.7 Å². The van der Waals surface area contributed by atoms with E-state index in [0.29, 0.717) is 31.4 Å². The van der Waals surface area contributed by atoms with E-state index in [4.69, 9.17) is 0 Å². The van der Waals surface area contributed by atoms with Crippen LogP contribution in [0.1, 0.15) is 24.4 Å². The molecule has 5 rings (SSSR count). The molecule has 0 N–H and O–H groups in total. The SMILES string of the molecule is Cc1nc(N2CCC3(CCN(c4cnc5cnn(CC(F)F)c5n4)C3=O)C2)cc(C(F)(F)F)n1. The van der Waals surface area contributed by atoms with Gasteiger partial charge in [0.1, 0.15) is 29.4 Å². The number of amides is 1. The van der Waals surface area contributed by atoms with Gasteiger partial charge in [0, 0.05) is 25.7 Å². The molecule has 9 nitrogen and oxygen atoms in total. The first-order chi connectivity index (χ1) is 16.1. The van der Waals surface area contributed by atoms with Crippen LogP contribution in [0.5, 0.6) is 0 Å². The number of anilines is 2. The lowest BCUT2D eigenvalue weighted by molar-refractivity contribution is -0.141. The lowest BCUT2D eigenvalue weighted by Gasteiger charge is -2.24. The summed E-state index contributed by atoms with van der Waals surface area (Å²) >= 11 is 0. The van der Waals surface area contributed by atoms with Crippen molar-refractivity contribution in [1.29, 1.82) is 0 Å². The van der Waals surface area contributed by atoms with Gasteiger partial charge < -0.3 is 4.90 Å². The molecule has 0 aromatic carbocycles. The Labute approximate surface area is 189 Å². The summed E-state index contributed by atoms with van der Waals surface area (Å²) in [7, 11) is 0. The highest BCUT2D eigenvalue weighted by Gasteiger charge is 2.52. The first-order valence-corrected chi connectivity index (χ1v) is 10.5. The maximum atomic E-state index is 13.4. The monoisotopic (exact) mass is 482 g/mol. The van der Waals surface area contributed by atoms with E-state index in [1.807, 2.05) is 0 Å². The maximum Gasteiger partial charge on any atom is 0.433 e. The minimum Gasteiger partial charge on any atom is -0.355 e. The summed E-state index contributed by atoms with van der Waals surface area (Å²) in [6.07, 6.45) is -3.61. The molecule has 1 atom stereocenters. The van der Waals surface area contributed by atoms with Crippen LogP contribution in [-0.2, 0) is 17.5 Å². The number of aryl methyl sites for hydroxylation is 1. The number of alkyl halides is 5. The lowest BCUT2D eigenvalue weighted by Crippen LogP contribution is -2.37. The molecule has 2 aliphatic rings. The molecule has 0 bridgehead atoms. The van der Waals surface area contributed by atoms with Gasteiger partial charge in [-0.15, -0.1) is 0 Å². The van der Waals surface area contributed by atoms with Gasteiger partial charge in [0.2, 0.25) is 5.91 Å². The standard InChI is InChI=1S/C20H19F5N8O/c1-11-28-13(20(23,24)25)6-15(29-11)31-4-2-19(10-31)3-5-32(18(19)34)16-8-26-12-7-27-33(9-14(21)22)17(12)30-16/h6-8,14H,2-5,9-10H2,1H3. The van der Waals surface area contributed by atoms with Crippen molar-refractivity contribution in [2.75, 3.05) is 29.4 Å². The van der Waals surface area contributed by atoms with Gasteiger partial charge in [-0.2, -0.15) is 18.3 Å². The molecule has 1 spiro atoms. The predicted octanol–water partition coefficient (Wildman–Crippen LogP) is 2.84. The van der Waals surface area contributed by atoms with Crippen LogP contribution in [0, 0.1) is 12.3 Å². The number of rotatable bonds is 4. The number of hydrogen-bond donors (Lipinski definition) is 0. The molecule has 0 radical (unpaired) electrons. The quantitative estimate of drug-likeness (QED) is 0.528. The Kier molecular flexibility index (Phi) is 5.13. The average Bonchev–Trinajstić information content (AvgIpc) is 3.46.